The lowest BCUT2D eigenvalue weighted by atomic mass is 9.97. The molecule has 12 atom stereocenters. The lowest BCUT2D eigenvalue weighted by Crippen LogP contribution is -2.65. The summed E-state index contributed by atoms with van der Waals surface area (Å²) in [7, 11) is 0. The fourth-order valence-electron chi connectivity index (χ4n) is 10.9. The second-order valence-corrected chi connectivity index (χ2v) is 23.2. The second-order valence-electron chi connectivity index (χ2n) is 23.2. The molecule has 2 aliphatic heterocycles. The third-order valence-corrected chi connectivity index (χ3v) is 16.2. The minimum Gasteiger partial charge on any atom is -0.394 e. The first-order valence-electron chi connectivity index (χ1n) is 32.6. The number of aliphatic hydroxyl groups is 8. The van der Waals surface area contributed by atoms with Crippen molar-refractivity contribution in [2.75, 3.05) is 19.8 Å². The van der Waals surface area contributed by atoms with Crippen LogP contribution in [0.1, 0.15) is 284 Å². The Morgan fingerprint density at radius 3 is 1.28 bits per heavy atom. The van der Waals surface area contributed by atoms with E-state index in [0.29, 0.717) is 12.8 Å². The third kappa shape index (κ3) is 34.8. The maximum absolute atomic E-state index is 13.3. The van der Waals surface area contributed by atoms with Gasteiger partial charge in [0.15, 0.2) is 12.6 Å². The van der Waals surface area contributed by atoms with Crippen molar-refractivity contribution < 1.29 is 64.6 Å². The summed E-state index contributed by atoms with van der Waals surface area (Å²) in [6, 6.07) is -0.826. The lowest BCUT2D eigenvalue weighted by Gasteiger charge is -2.46. The Balaban J connectivity index is 1.66. The number of carbonyl (C=O) groups excluding carboxylic acids is 1. The van der Waals surface area contributed by atoms with Gasteiger partial charge in [0.2, 0.25) is 5.91 Å². The van der Waals surface area contributed by atoms with Crippen LogP contribution in [0.2, 0.25) is 0 Å². The topological polar surface area (TPSA) is 228 Å². The van der Waals surface area contributed by atoms with Crippen LogP contribution in [-0.4, -0.2) is 140 Å². The summed E-state index contributed by atoms with van der Waals surface area (Å²) in [4.78, 5) is 13.3. The zero-order valence-electron chi connectivity index (χ0n) is 49.7. The first kappa shape index (κ1) is 72.6. The SMILES string of the molecule is CCCCCCC/C=C\C/C=C\CCCCCCCCCCCCCCCCCCCC(=O)NC(COC1OC(CO)C(OC2OC(CO)C(O)C(O)C2O)C(O)C1O)C(O)CCCCCCCCCCCCCCCCC. The number of rotatable bonds is 53. The van der Waals surface area contributed by atoms with E-state index in [0.717, 1.165) is 57.8 Å². The van der Waals surface area contributed by atoms with Gasteiger partial charge in [-0.15, -0.1) is 0 Å². The molecule has 14 heteroatoms. The summed E-state index contributed by atoms with van der Waals surface area (Å²) < 4.78 is 22.9. The van der Waals surface area contributed by atoms with Crippen molar-refractivity contribution in [3.05, 3.63) is 24.3 Å². The largest absolute Gasteiger partial charge is 0.394 e. The van der Waals surface area contributed by atoms with Crippen molar-refractivity contribution >= 4 is 5.91 Å². The van der Waals surface area contributed by atoms with Gasteiger partial charge in [-0.2, -0.15) is 0 Å². The van der Waals surface area contributed by atoms with Crippen LogP contribution in [0.3, 0.4) is 0 Å². The third-order valence-electron chi connectivity index (χ3n) is 16.2. The summed E-state index contributed by atoms with van der Waals surface area (Å²) in [6.07, 6.45) is 43.3. The number of amides is 1. The number of nitrogens with one attached hydrogen (secondary N) is 1. The van der Waals surface area contributed by atoms with Crippen LogP contribution in [0.5, 0.6) is 0 Å². The van der Waals surface area contributed by atoms with Gasteiger partial charge < -0.3 is 65.1 Å². The molecule has 2 fully saturated rings. The van der Waals surface area contributed by atoms with Crippen molar-refractivity contribution in [3.8, 4) is 0 Å². The first-order valence-corrected chi connectivity index (χ1v) is 32.6. The van der Waals surface area contributed by atoms with E-state index < -0.39 is 86.8 Å². The van der Waals surface area contributed by atoms with Gasteiger partial charge in [-0.3, -0.25) is 4.79 Å². The van der Waals surface area contributed by atoms with E-state index in [1.807, 2.05) is 0 Å². The zero-order chi connectivity index (χ0) is 56.7. The van der Waals surface area contributed by atoms with Crippen LogP contribution < -0.4 is 5.32 Å². The minimum absolute atomic E-state index is 0.202. The highest BCUT2D eigenvalue weighted by Crippen LogP contribution is 2.30. The van der Waals surface area contributed by atoms with E-state index >= 15 is 0 Å². The summed E-state index contributed by atoms with van der Waals surface area (Å²) in [6.45, 7) is 2.88. The molecule has 0 spiro atoms. The van der Waals surface area contributed by atoms with Gasteiger partial charge in [0, 0.05) is 6.42 Å². The fraction of sp³-hybridized carbons (Fsp3) is 0.922. The molecule has 78 heavy (non-hydrogen) atoms. The molecule has 0 aromatic rings. The van der Waals surface area contributed by atoms with Crippen molar-refractivity contribution in [3.63, 3.8) is 0 Å². The molecule has 0 bridgehead atoms. The minimum atomic E-state index is -1.78. The molecule has 460 valence electrons. The van der Waals surface area contributed by atoms with Gasteiger partial charge in [0.1, 0.15) is 48.8 Å². The van der Waals surface area contributed by atoms with Crippen LogP contribution in [0, 0.1) is 0 Å². The Hall–Kier alpha value is -1.53. The van der Waals surface area contributed by atoms with Crippen LogP contribution in [0.15, 0.2) is 24.3 Å². The summed E-state index contributed by atoms with van der Waals surface area (Å²) in [5, 5.41) is 87.4. The van der Waals surface area contributed by atoms with Gasteiger partial charge in [-0.1, -0.05) is 256 Å². The quantitative estimate of drug-likeness (QED) is 0.0204. The van der Waals surface area contributed by atoms with Gasteiger partial charge in [0.05, 0.1) is 32.0 Å². The van der Waals surface area contributed by atoms with Crippen molar-refractivity contribution in [2.45, 2.75) is 357 Å². The number of hydrogen-bond donors (Lipinski definition) is 9. The molecule has 2 heterocycles. The zero-order valence-corrected chi connectivity index (χ0v) is 49.7. The number of carbonyl (C=O) groups is 1. The van der Waals surface area contributed by atoms with E-state index in [-0.39, 0.29) is 12.5 Å². The van der Waals surface area contributed by atoms with Gasteiger partial charge in [0.25, 0.3) is 0 Å². The molecule has 0 aromatic heterocycles. The second kappa shape index (κ2) is 50.0. The molecule has 12 unspecified atom stereocenters. The number of allylic oxidation sites excluding steroid dienone is 4. The molecule has 2 aliphatic rings. The maximum atomic E-state index is 13.3. The van der Waals surface area contributed by atoms with E-state index in [1.165, 1.54) is 199 Å². The number of unbranched alkanes of at least 4 members (excludes halogenated alkanes) is 36. The Kier molecular flexibility index (Phi) is 46.5. The van der Waals surface area contributed by atoms with Crippen molar-refractivity contribution in [1.82, 2.24) is 5.32 Å². The van der Waals surface area contributed by atoms with Gasteiger partial charge in [-0.25, -0.2) is 0 Å². The lowest BCUT2D eigenvalue weighted by molar-refractivity contribution is -0.359. The van der Waals surface area contributed by atoms with Gasteiger partial charge in [-0.05, 0) is 44.9 Å². The molecular formula is C64H121NO13. The first-order chi connectivity index (χ1) is 38.1. The molecule has 0 radical (unpaired) electrons. The molecule has 0 aliphatic carbocycles. The molecule has 1 amide bonds. The maximum Gasteiger partial charge on any atom is 0.220 e. The van der Waals surface area contributed by atoms with Crippen LogP contribution in [0.4, 0.5) is 0 Å². The highest BCUT2D eigenvalue weighted by molar-refractivity contribution is 5.76. The normalized spacial score (nSPS) is 24.6. The monoisotopic (exact) mass is 1110 g/mol. The predicted molar refractivity (Wildman–Crippen MR) is 314 cm³/mol. The van der Waals surface area contributed by atoms with Crippen molar-refractivity contribution in [2.24, 2.45) is 0 Å². The average Bonchev–Trinajstić information content (AvgIpc) is 3.47. The number of hydrogen-bond acceptors (Lipinski definition) is 13. The molecule has 14 nitrogen and oxygen atoms in total. The van der Waals surface area contributed by atoms with Crippen LogP contribution in [0.25, 0.3) is 0 Å². The summed E-state index contributed by atoms with van der Waals surface area (Å²) >= 11 is 0. The highest BCUT2D eigenvalue weighted by atomic mass is 16.7. The van der Waals surface area contributed by atoms with E-state index in [1.54, 1.807) is 0 Å². The van der Waals surface area contributed by atoms with Crippen LogP contribution >= 0.6 is 0 Å². The van der Waals surface area contributed by atoms with E-state index in [2.05, 4.69) is 43.5 Å². The molecule has 2 saturated heterocycles. The number of ether oxygens (including phenoxy) is 4. The standard InChI is InChI=1S/C64H121NO13/c1-3-5-7-9-11-13-15-17-19-20-21-22-23-24-25-26-27-28-29-30-31-32-34-36-38-40-42-44-46-48-56(69)65-52(53(68)47-45-43-41-39-37-35-33-18-16-14-12-10-8-6-4-2)51-75-63-61(74)59(72)62(55(50-67)77-63)78-64-60(73)58(71)57(70)54(49-66)76-64/h15,17,20-21,52-55,57-64,66-68,70-74H,3-14,16,18-19,22-51H2,1-2H3,(H,65,69)/b17-15-,21-20-. The molecular weight excluding hydrogens is 991 g/mol. The Bertz CT molecular complexity index is 1400. The Morgan fingerprint density at radius 2 is 0.846 bits per heavy atom. The Morgan fingerprint density at radius 1 is 0.462 bits per heavy atom. The Labute approximate surface area is 475 Å². The highest BCUT2D eigenvalue weighted by Gasteiger charge is 2.51. The fourth-order valence-corrected chi connectivity index (χ4v) is 10.9. The molecule has 0 saturated carbocycles. The summed E-state index contributed by atoms with van der Waals surface area (Å²) in [5.74, 6) is -0.202. The van der Waals surface area contributed by atoms with Crippen molar-refractivity contribution in [1.29, 1.82) is 0 Å². The van der Waals surface area contributed by atoms with E-state index in [4.69, 9.17) is 18.9 Å². The van der Waals surface area contributed by atoms with E-state index in [9.17, 15) is 45.6 Å². The smallest absolute Gasteiger partial charge is 0.220 e. The summed E-state index contributed by atoms with van der Waals surface area (Å²) in [5.41, 5.74) is 0. The average molecular weight is 1110 g/mol. The van der Waals surface area contributed by atoms with Gasteiger partial charge >= 0.3 is 0 Å². The predicted octanol–water partition coefficient (Wildman–Crippen LogP) is 12.0. The molecule has 0 aromatic carbocycles. The molecule has 2 rings (SSSR count). The number of aliphatic hydroxyl groups excluding tert-OH is 8. The molecule has 9 N–H and O–H groups in total. The van der Waals surface area contributed by atoms with Crippen LogP contribution in [-0.2, 0) is 23.7 Å².